The molecule has 1 N–H and O–H groups in total. The lowest BCUT2D eigenvalue weighted by molar-refractivity contribution is -0.132. The fourth-order valence-electron chi connectivity index (χ4n) is 1.78. The van der Waals surface area contributed by atoms with Gasteiger partial charge in [0.25, 0.3) is 0 Å². The summed E-state index contributed by atoms with van der Waals surface area (Å²) in [6.45, 7) is 2.33. The fourth-order valence-corrected chi connectivity index (χ4v) is 1.78. The Labute approximate surface area is 92.0 Å². The Hall–Kier alpha value is -0.610. The van der Waals surface area contributed by atoms with E-state index in [4.69, 9.17) is 4.74 Å². The van der Waals surface area contributed by atoms with Crippen molar-refractivity contribution in [2.24, 2.45) is 0 Å². The molecule has 0 spiro atoms. The molecule has 0 aromatic heterocycles. The summed E-state index contributed by atoms with van der Waals surface area (Å²) in [6, 6.07) is 0. The zero-order chi connectivity index (χ0) is 11.1. The fraction of sp³-hybridized carbons (Fsp3) is 0.909. The Balaban J connectivity index is 2.20. The first kappa shape index (κ1) is 12.5. The highest BCUT2D eigenvalue weighted by Gasteiger charge is 2.18. The van der Waals surface area contributed by atoms with Crippen LogP contribution in [0.15, 0.2) is 0 Å². The standard InChI is InChI=1S/C11H22N2O2/c1-12-7-6-11(14)13(2)9-10-5-3-4-8-15-10/h10,12H,3-9H2,1-2H3. The smallest absolute Gasteiger partial charge is 0.223 e. The van der Waals surface area contributed by atoms with E-state index < -0.39 is 0 Å². The molecule has 1 amide bonds. The maximum Gasteiger partial charge on any atom is 0.223 e. The van der Waals surface area contributed by atoms with Crippen molar-refractivity contribution in [3.8, 4) is 0 Å². The van der Waals surface area contributed by atoms with Crippen molar-refractivity contribution in [1.82, 2.24) is 10.2 Å². The molecule has 0 bridgehead atoms. The van der Waals surface area contributed by atoms with E-state index in [9.17, 15) is 4.79 Å². The van der Waals surface area contributed by atoms with Gasteiger partial charge in [-0.25, -0.2) is 0 Å². The zero-order valence-electron chi connectivity index (χ0n) is 9.79. The Bertz CT molecular complexity index is 191. The lowest BCUT2D eigenvalue weighted by Crippen LogP contribution is -2.37. The molecule has 0 saturated carbocycles. The number of rotatable bonds is 5. The number of ether oxygens (including phenoxy) is 1. The van der Waals surface area contributed by atoms with E-state index in [1.165, 1.54) is 6.42 Å². The molecule has 88 valence electrons. The molecular formula is C11H22N2O2. The van der Waals surface area contributed by atoms with Gasteiger partial charge in [0.2, 0.25) is 5.91 Å². The van der Waals surface area contributed by atoms with Crippen LogP contribution in [0.4, 0.5) is 0 Å². The minimum absolute atomic E-state index is 0.193. The summed E-state index contributed by atoms with van der Waals surface area (Å²) < 4.78 is 5.59. The molecular weight excluding hydrogens is 192 g/mol. The van der Waals surface area contributed by atoms with E-state index in [0.717, 1.165) is 32.5 Å². The lowest BCUT2D eigenvalue weighted by Gasteiger charge is -2.27. The van der Waals surface area contributed by atoms with E-state index in [1.54, 1.807) is 4.90 Å². The van der Waals surface area contributed by atoms with Gasteiger partial charge in [0.1, 0.15) is 0 Å². The van der Waals surface area contributed by atoms with Crippen LogP contribution in [0.2, 0.25) is 0 Å². The zero-order valence-corrected chi connectivity index (χ0v) is 9.79. The number of hydrogen-bond donors (Lipinski definition) is 1. The van der Waals surface area contributed by atoms with Crippen molar-refractivity contribution in [3.05, 3.63) is 0 Å². The van der Waals surface area contributed by atoms with Crippen LogP contribution in [0, 0.1) is 0 Å². The van der Waals surface area contributed by atoms with Crippen LogP contribution in [-0.2, 0) is 9.53 Å². The quantitative estimate of drug-likeness (QED) is 0.729. The molecule has 1 rings (SSSR count). The average Bonchev–Trinajstić information content (AvgIpc) is 2.27. The molecule has 15 heavy (non-hydrogen) atoms. The summed E-state index contributed by atoms with van der Waals surface area (Å²) in [5, 5.41) is 2.98. The van der Waals surface area contributed by atoms with Crippen molar-refractivity contribution in [1.29, 1.82) is 0 Å². The molecule has 1 heterocycles. The van der Waals surface area contributed by atoms with E-state index in [-0.39, 0.29) is 12.0 Å². The van der Waals surface area contributed by atoms with E-state index in [0.29, 0.717) is 6.42 Å². The van der Waals surface area contributed by atoms with Crippen LogP contribution >= 0.6 is 0 Å². The number of carbonyl (C=O) groups is 1. The highest BCUT2D eigenvalue weighted by molar-refractivity contribution is 5.76. The Morgan fingerprint density at radius 3 is 2.93 bits per heavy atom. The number of carbonyl (C=O) groups excluding carboxylic acids is 1. The topological polar surface area (TPSA) is 41.6 Å². The first-order chi connectivity index (χ1) is 7.24. The molecule has 0 aromatic rings. The number of nitrogens with one attached hydrogen (secondary N) is 1. The van der Waals surface area contributed by atoms with Crippen LogP contribution in [-0.4, -0.2) is 50.7 Å². The molecule has 1 saturated heterocycles. The van der Waals surface area contributed by atoms with Gasteiger partial charge >= 0.3 is 0 Å². The second-order valence-corrected chi connectivity index (χ2v) is 4.12. The Kier molecular flexibility index (Phi) is 5.65. The van der Waals surface area contributed by atoms with Crippen LogP contribution in [0.3, 0.4) is 0 Å². The Morgan fingerprint density at radius 1 is 1.53 bits per heavy atom. The highest BCUT2D eigenvalue weighted by atomic mass is 16.5. The molecule has 1 fully saturated rings. The maximum atomic E-state index is 11.6. The summed E-state index contributed by atoms with van der Waals surface area (Å²) in [5.74, 6) is 0.193. The minimum atomic E-state index is 0.193. The van der Waals surface area contributed by atoms with Gasteiger partial charge in [0.15, 0.2) is 0 Å². The van der Waals surface area contributed by atoms with Crippen molar-refractivity contribution >= 4 is 5.91 Å². The van der Waals surface area contributed by atoms with Gasteiger partial charge in [-0.3, -0.25) is 4.79 Å². The SMILES string of the molecule is CNCCC(=O)N(C)CC1CCCCO1. The van der Waals surface area contributed by atoms with Crippen molar-refractivity contribution in [2.45, 2.75) is 31.8 Å². The minimum Gasteiger partial charge on any atom is -0.376 e. The van der Waals surface area contributed by atoms with Crippen molar-refractivity contribution < 1.29 is 9.53 Å². The van der Waals surface area contributed by atoms with Crippen LogP contribution in [0.5, 0.6) is 0 Å². The number of hydrogen-bond acceptors (Lipinski definition) is 3. The van der Waals surface area contributed by atoms with Crippen molar-refractivity contribution in [3.63, 3.8) is 0 Å². The third-order valence-electron chi connectivity index (χ3n) is 2.77. The van der Waals surface area contributed by atoms with Crippen LogP contribution in [0.25, 0.3) is 0 Å². The predicted octanol–water partition coefficient (Wildman–Crippen LogP) is 0.623. The maximum absolute atomic E-state index is 11.6. The van der Waals surface area contributed by atoms with Gasteiger partial charge in [0.05, 0.1) is 6.10 Å². The number of amides is 1. The van der Waals surface area contributed by atoms with Gasteiger partial charge in [-0.1, -0.05) is 0 Å². The lowest BCUT2D eigenvalue weighted by atomic mass is 10.1. The third-order valence-corrected chi connectivity index (χ3v) is 2.77. The van der Waals surface area contributed by atoms with E-state index in [1.807, 2.05) is 14.1 Å². The molecule has 1 atom stereocenters. The summed E-state index contributed by atoms with van der Waals surface area (Å²) in [6.07, 6.45) is 4.29. The molecule has 1 aliphatic rings. The largest absolute Gasteiger partial charge is 0.376 e. The van der Waals surface area contributed by atoms with Gasteiger partial charge in [0, 0.05) is 33.2 Å². The summed E-state index contributed by atoms with van der Waals surface area (Å²) in [4.78, 5) is 13.4. The third kappa shape index (κ3) is 4.62. The molecule has 0 radical (unpaired) electrons. The Morgan fingerprint density at radius 2 is 2.33 bits per heavy atom. The summed E-state index contributed by atoms with van der Waals surface area (Å²) in [5.41, 5.74) is 0. The molecule has 1 unspecified atom stereocenters. The van der Waals surface area contributed by atoms with Crippen LogP contribution < -0.4 is 5.32 Å². The molecule has 1 aliphatic heterocycles. The van der Waals surface area contributed by atoms with E-state index in [2.05, 4.69) is 5.32 Å². The first-order valence-corrected chi connectivity index (χ1v) is 5.74. The molecule has 0 aromatic carbocycles. The molecule has 0 aliphatic carbocycles. The number of nitrogens with zero attached hydrogens (tertiary/aromatic N) is 1. The van der Waals surface area contributed by atoms with Gasteiger partial charge in [-0.2, -0.15) is 0 Å². The summed E-state index contributed by atoms with van der Waals surface area (Å²) in [7, 11) is 3.72. The number of likely N-dealkylation sites (N-methyl/N-ethyl adjacent to an activating group) is 1. The van der Waals surface area contributed by atoms with Gasteiger partial charge in [-0.15, -0.1) is 0 Å². The summed E-state index contributed by atoms with van der Waals surface area (Å²) >= 11 is 0. The highest BCUT2D eigenvalue weighted by Crippen LogP contribution is 2.13. The second kappa shape index (κ2) is 6.80. The normalized spacial score (nSPS) is 21.3. The van der Waals surface area contributed by atoms with E-state index >= 15 is 0 Å². The second-order valence-electron chi connectivity index (χ2n) is 4.12. The molecule has 4 nitrogen and oxygen atoms in total. The van der Waals surface area contributed by atoms with Crippen LogP contribution in [0.1, 0.15) is 25.7 Å². The monoisotopic (exact) mass is 214 g/mol. The van der Waals surface area contributed by atoms with Gasteiger partial charge in [-0.05, 0) is 26.3 Å². The predicted molar refractivity (Wildman–Crippen MR) is 59.8 cm³/mol. The van der Waals surface area contributed by atoms with Crippen molar-refractivity contribution in [2.75, 3.05) is 33.8 Å². The van der Waals surface area contributed by atoms with Gasteiger partial charge < -0.3 is 15.0 Å². The molecule has 4 heteroatoms. The first-order valence-electron chi connectivity index (χ1n) is 5.74. The average molecular weight is 214 g/mol.